The van der Waals surface area contributed by atoms with Crippen molar-refractivity contribution in [1.82, 2.24) is 9.80 Å². The van der Waals surface area contributed by atoms with Gasteiger partial charge in [0, 0.05) is 37.4 Å². The third kappa shape index (κ3) is 3.63. The Morgan fingerprint density at radius 2 is 2.04 bits per heavy atom. The Labute approximate surface area is 158 Å². The summed E-state index contributed by atoms with van der Waals surface area (Å²) in [6, 6.07) is 1.85. The number of hydrogen-bond donors (Lipinski definition) is 0. The molecule has 142 valence electrons. The summed E-state index contributed by atoms with van der Waals surface area (Å²) >= 11 is 1.30. The molecule has 2 aliphatic rings. The number of Topliss-reactive ketones (excluding diaryl/α,β-unsaturated/α-hetero) is 1. The van der Waals surface area contributed by atoms with E-state index in [4.69, 9.17) is 4.74 Å². The summed E-state index contributed by atoms with van der Waals surface area (Å²) in [5, 5.41) is 1.74. The number of hydrogen-bond acceptors (Lipinski definition) is 5. The van der Waals surface area contributed by atoms with Crippen LogP contribution in [0.5, 0.6) is 0 Å². The Bertz CT molecular complexity index is 706. The number of likely N-dealkylation sites (tertiary alicyclic amines) is 1. The Kier molecular flexibility index (Phi) is 5.37. The fourth-order valence-corrected chi connectivity index (χ4v) is 4.54. The lowest BCUT2D eigenvalue weighted by molar-refractivity contribution is 0.00308. The zero-order chi connectivity index (χ0) is 18.9. The summed E-state index contributed by atoms with van der Waals surface area (Å²) in [6.07, 6.45) is 3.08. The summed E-state index contributed by atoms with van der Waals surface area (Å²) in [6.45, 7) is 7.42. The minimum absolute atomic E-state index is 0.0224. The van der Waals surface area contributed by atoms with Gasteiger partial charge < -0.3 is 14.5 Å². The van der Waals surface area contributed by atoms with Crippen LogP contribution < -0.4 is 0 Å². The average Bonchev–Trinajstić information content (AvgIpc) is 3.21. The predicted octanol–water partition coefficient (Wildman–Crippen LogP) is 3.57. The zero-order valence-electron chi connectivity index (χ0n) is 15.6. The first-order chi connectivity index (χ1) is 12.3. The second kappa shape index (κ2) is 7.39. The lowest BCUT2D eigenvalue weighted by Gasteiger charge is -2.37. The molecular formula is C19H26N2O4S. The number of amides is 2. The Morgan fingerprint density at radius 3 is 2.62 bits per heavy atom. The molecule has 1 atom stereocenters. The first-order valence-corrected chi connectivity index (χ1v) is 10.1. The summed E-state index contributed by atoms with van der Waals surface area (Å²) in [5.74, 6) is -0.0741. The van der Waals surface area contributed by atoms with Crippen molar-refractivity contribution >= 4 is 29.1 Å². The van der Waals surface area contributed by atoms with Gasteiger partial charge in [-0.3, -0.25) is 9.59 Å². The van der Waals surface area contributed by atoms with E-state index >= 15 is 0 Å². The molecule has 0 aromatic carbocycles. The standard InChI is InChI=1S/C19H26N2O4S/c1-4-5-13(2)21-12-19(25-18(21)24)6-8-20(9-7-19)17(23)15-10-16(14(3)22)26-11-15/h10-11,13H,4-9,12H2,1-3H3/t13-/m0/s1. The predicted molar refractivity (Wildman–Crippen MR) is 99.7 cm³/mol. The number of rotatable bonds is 5. The van der Waals surface area contributed by atoms with Gasteiger partial charge in [-0.1, -0.05) is 13.3 Å². The lowest BCUT2D eigenvalue weighted by atomic mass is 9.90. The van der Waals surface area contributed by atoms with Crippen molar-refractivity contribution in [1.29, 1.82) is 0 Å². The van der Waals surface area contributed by atoms with Gasteiger partial charge in [0.2, 0.25) is 0 Å². The molecule has 26 heavy (non-hydrogen) atoms. The van der Waals surface area contributed by atoms with Crippen LogP contribution in [0.4, 0.5) is 4.79 Å². The van der Waals surface area contributed by atoms with Crippen molar-refractivity contribution in [2.24, 2.45) is 0 Å². The number of carbonyl (C=O) groups excluding carboxylic acids is 3. The van der Waals surface area contributed by atoms with Crippen molar-refractivity contribution in [2.45, 2.75) is 58.1 Å². The molecule has 7 heteroatoms. The highest BCUT2D eigenvalue weighted by Crippen LogP contribution is 2.35. The van der Waals surface area contributed by atoms with Gasteiger partial charge in [0.05, 0.1) is 17.0 Å². The molecule has 3 rings (SSSR count). The molecule has 0 saturated carbocycles. The quantitative estimate of drug-likeness (QED) is 0.735. The normalized spacial score (nSPS) is 20.3. The minimum atomic E-state index is -0.463. The van der Waals surface area contributed by atoms with Crippen LogP contribution in [0.2, 0.25) is 0 Å². The van der Waals surface area contributed by atoms with E-state index in [1.165, 1.54) is 18.3 Å². The van der Waals surface area contributed by atoms with Gasteiger partial charge in [0.15, 0.2) is 5.78 Å². The van der Waals surface area contributed by atoms with E-state index in [1.807, 2.05) is 4.90 Å². The van der Waals surface area contributed by atoms with Crippen LogP contribution in [-0.2, 0) is 4.74 Å². The Morgan fingerprint density at radius 1 is 1.35 bits per heavy atom. The molecule has 0 aliphatic carbocycles. The third-order valence-corrected chi connectivity index (χ3v) is 6.42. The molecule has 6 nitrogen and oxygen atoms in total. The maximum absolute atomic E-state index is 12.7. The van der Waals surface area contributed by atoms with Gasteiger partial charge in [-0.25, -0.2) is 4.79 Å². The maximum atomic E-state index is 12.7. The van der Waals surface area contributed by atoms with E-state index in [1.54, 1.807) is 16.3 Å². The molecule has 1 aromatic rings. The van der Waals surface area contributed by atoms with Crippen molar-refractivity contribution in [3.05, 3.63) is 21.9 Å². The lowest BCUT2D eigenvalue weighted by Crippen LogP contribution is -2.49. The van der Waals surface area contributed by atoms with E-state index in [9.17, 15) is 14.4 Å². The smallest absolute Gasteiger partial charge is 0.410 e. The summed E-state index contributed by atoms with van der Waals surface area (Å²) in [5.41, 5.74) is 0.104. The van der Waals surface area contributed by atoms with Crippen molar-refractivity contribution < 1.29 is 19.1 Å². The zero-order valence-corrected chi connectivity index (χ0v) is 16.4. The monoisotopic (exact) mass is 378 g/mol. The van der Waals surface area contributed by atoms with Crippen molar-refractivity contribution in [2.75, 3.05) is 19.6 Å². The third-order valence-electron chi connectivity index (χ3n) is 5.39. The topological polar surface area (TPSA) is 66.9 Å². The molecule has 0 unspecified atom stereocenters. The summed E-state index contributed by atoms with van der Waals surface area (Å²) in [4.78, 5) is 40.6. The number of nitrogens with zero attached hydrogens (tertiary/aromatic N) is 2. The second-order valence-electron chi connectivity index (χ2n) is 7.36. The van der Waals surface area contributed by atoms with Crippen LogP contribution in [0.1, 0.15) is 66.5 Å². The van der Waals surface area contributed by atoms with Gasteiger partial charge in [0.1, 0.15) is 5.60 Å². The fourth-order valence-electron chi connectivity index (χ4n) is 3.75. The Hall–Kier alpha value is -1.89. The Balaban J connectivity index is 1.61. The van der Waals surface area contributed by atoms with Gasteiger partial charge in [0.25, 0.3) is 5.91 Å². The molecular weight excluding hydrogens is 352 g/mol. The van der Waals surface area contributed by atoms with Gasteiger partial charge in [-0.15, -0.1) is 11.3 Å². The molecule has 0 bridgehead atoms. The second-order valence-corrected chi connectivity index (χ2v) is 8.28. The van der Waals surface area contributed by atoms with Crippen molar-refractivity contribution in [3.8, 4) is 0 Å². The highest BCUT2D eigenvalue weighted by molar-refractivity contribution is 7.12. The van der Waals surface area contributed by atoms with Crippen LogP contribution in [-0.4, -0.2) is 58.9 Å². The highest BCUT2D eigenvalue weighted by Gasteiger charge is 2.48. The van der Waals surface area contributed by atoms with E-state index in [0.717, 1.165) is 12.8 Å². The van der Waals surface area contributed by atoms with Crippen molar-refractivity contribution in [3.63, 3.8) is 0 Å². The van der Waals surface area contributed by atoms with Crippen LogP contribution in [0.15, 0.2) is 11.4 Å². The number of ketones is 1. The van der Waals surface area contributed by atoms with Gasteiger partial charge in [-0.05, 0) is 26.3 Å². The van der Waals surface area contributed by atoms with Gasteiger partial charge in [-0.2, -0.15) is 0 Å². The van der Waals surface area contributed by atoms with E-state index in [2.05, 4.69) is 13.8 Å². The number of piperidine rings is 1. The SMILES string of the molecule is CCC[C@H](C)N1CC2(CCN(C(=O)c3csc(C(C)=O)c3)CC2)OC1=O. The largest absolute Gasteiger partial charge is 0.441 e. The first-order valence-electron chi connectivity index (χ1n) is 9.23. The highest BCUT2D eigenvalue weighted by atomic mass is 32.1. The molecule has 2 fully saturated rings. The van der Waals surface area contributed by atoms with E-state index in [-0.39, 0.29) is 23.8 Å². The summed E-state index contributed by atoms with van der Waals surface area (Å²) < 4.78 is 5.75. The minimum Gasteiger partial charge on any atom is -0.441 e. The van der Waals surface area contributed by atoms with Crippen LogP contribution in [0.3, 0.4) is 0 Å². The van der Waals surface area contributed by atoms with Crippen LogP contribution in [0, 0.1) is 0 Å². The summed E-state index contributed by atoms with van der Waals surface area (Å²) in [7, 11) is 0. The molecule has 1 spiro atoms. The molecule has 3 heterocycles. The van der Waals surface area contributed by atoms with Crippen LogP contribution >= 0.6 is 11.3 Å². The van der Waals surface area contributed by atoms with Crippen LogP contribution in [0.25, 0.3) is 0 Å². The molecule has 1 aromatic heterocycles. The molecule has 2 amide bonds. The van der Waals surface area contributed by atoms with E-state index in [0.29, 0.717) is 42.9 Å². The fraction of sp³-hybridized carbons (Fsp3) is 0.632. The van der Waals surface area contributed by atoms with Gasteiger partial charge >= 0.3 is 6.09 Å². The number of carbonyl (C=O) groups is 3. The maximum Gasteiger partial charge on any atom is 0.410 e. The number of thiophene rings is 1. The number of ether oxygens (including phenoxy) is 1. The molecule has 2 aliphatic heterocycles. The molecule has 2 saturated heterocycles. The molecule has 0 N–H and O–H groups in total. The van der Waals surface area contributed by atoms with E-state index < -0.39 is 5.60 Å². The first kappa shape index (κ1) is 18.9. The molecule has 0 radical (unpaired) electrons. The average molecular weight is 378 g/mol.